The van der Waals surface area contributed by atoms with Gasteiger partial charge in [0.05, 0.1) is 0 Å². The third kappa shape index (κ3) is 3.71. The first kappa shape index (κ1) is 14.8. The van der Waals surface area contributed by atoms with Crippen LogP contribution in [0.3, 0.4) is 0 Å². The maximum atomic E-state index is 11.7. The van der Waals surface area contributed by atoms with Crippen molar-refractivity contribution in [2.24, 2.45) is 0 Å². The van der Waals surface area contributed by atoms with E-state index in [0.29, 0.717) is 10.9 Å². The van der Waals surface area contributed by atoms with Crippen LogP contribution in [0.15, 0.2) is 24.3 Å². The Balaban J connectivity index is 2.07. The van der Waals surface area contributed by atoms with Crippen molar-refractivity contribution in [2.75, 3.05) is 5.32 Å². The molecule has 0 bridgehead atoms. The summed E-state index contributed by atoms with van der Waals surface area (Å²) in [6.07, 6.45) is 3.59. The molecule has 2 rings (SSSR count). The average Bonchev–Trinajstić information content (AvgIpc) is 2.82. The molecule has 0 atom stereocenters. The van der Waals surface area contributed by atoms with Crippen LogP contribution in [0, 0.1) is 0 Å². The van der Waals surface area contributed by atoms with Crippen molar-refractivity contribution in [1.82, 2.24) is 0 Å². The molecule has 1 amide bonds. The molecule has 106 valence electrons. The van der Waals surface area contributed by atoms with E-state index < -0.39 is 5.97 Å². The Morgan fingerprint density at radius 3 is 2.75 bits per heavy atom. The number of fused-ring (bicyclic) bond motifs is 1. The van der Waals surface area contributed by atoms with Crippen molar-refractivity contribution in [3.05, 3.63) is 28.7 Å². The van der Waals surface area contributed by atoms with Gasteiger partial charge in [0.25, 0.3) is 0 Å². The molecule has 20 heavy (non-hydrogen) atoms. The molecule has 0 unspecified atom stereocenters. The molecule has 1 aromatic carbocycles. The van der Waals surface area contributed by atoms with Gasteiger partial charge >= 0.3 is 123 Å². The topological polar surface area (TPSA) is 66.4 Å². The zero-order valence-corrected chi connectivity index (χ0v) is 13.0. The standard InChI is InChI=1S/C15H17NO3Se/c1-2-3-4-5-14(17)16-11-6-7-12-10(8-11)9-13(20-12)15(18)19/h6-9H,2-5H2,1H3,(H,16,17)(H,18,19). The summed E-state index contributed by atoms with van der Waals surface area (Å²) < 4.78 is 1.51. The number of hydrogen-bond acceptors (Lipinski definition) is 2. The molecule has 2 aromatic rings. The van der Waals surface area contributed by atoms with Crippen molar-refractivity contribution >= 4 is 41.7 Å². The van der Waals surface area contributed by atoms with Crippen LogP contribution in [0.2, 0.25) is 0 Å². The fraction of sp³-hybridized carbons (Fsp3) is 0.333. The minimum absolute atomic E-state index is 0.0179. The first-order chi connectivity index (χ1) is 9.60. The number of carboxylic acid groups (broad SMARTS) is 1. The van der Waals surface area contributed by atoms with Gasteiger partial charge in [-0.2, -0.15) is 0 Å². The second-order valence-corrected chi connectivity index (χ2v) is 6.95. The number of carbonyl (C=O) groups excluding carboxylic acids is 1. The Morgan fingerprint density at radius 2 is 2.05 bits per heavy atom. The van der Waals surface area contributed by atoms with Crippen LogP contribution in [-0.2, 0) is 4.79 Å². The molecule has 1 heterocycles. The predicted molar refractivity (Wildman–Crippen MR) is 80.6 cm³/mol. The van der Waals surface area contributed by atoms with Crippen LogP contribution in [0.25, 0.3) is 9.65 Å². The maximum absolute atomic E-state index is 11.7. The SMILES string of the molecule is CCCCCC(=O)Nc1ccc2[se]c(C(=O)O)cc2c1. The number of nitrogens with one attached hydrogen (secondary N) is 1. The summed E-state index contributed by atoms with van der Waals surface area (Å²) in [5, 5.41) is 12.8. The van der Waals surface area contributed by atoms with E-state index in [4.69, 9.17) is 5.11 Å². The van der Waals surface area contributed by atoms with Gasteiger partial charge in [-0.1, -0.05) is 0 Å². The summed E-state index contributed by atoms with van der Waals surface area (Å²) in [7, 11) is 0. The Hall–Kier alpha value is -1.58. The van der Waals surface area contributed by atoms with Crippen molar-refractivity contribution < 1.29 is 14.7 Å². The number of benzene rings is 1. The van der Waals surface area contributed by atoms with Crippen LogP contribution >= 0.6 is 0 Å². The quantitative estimate of drug-likeness (QED) is 0.628. The zero-order valence-electron chi connectivity index (χ0n) is 11.3. The monoisotopic (exact) mass is 339 g/mol. The minimum atomic E-state index is -0.855. The number of amides is 1. The predicted octanol–water partition coefficient (Wildman–Crippen LogP) is 3.11. The molecular weight excluding hydrogens is 321 g/mol. The second-order valence-electron chi connectivity index (χ2n) is 4.67. The van der Waals surface area contributed by atoms with E-state index in [-0.39, 0.29) is 20.4 Å². The molecule has 0 radical (unpaired) electrons. The summed E-state index contributed by atoms with van der Waals surface area (Å²) in [6, 6.07) is 7.30. The number of carbonyl (C=O) groups is 2. The van der Waals surface area contributed by atoms with Crippen LogP contribution in [0.1, 0.15) is 41.8 Å². The molecule has 0 fully saturated rings. The van der Waals surface area contributed by atoms with E-state index >= 15 is 0 Å². The molecule has 1 aromatic heterocycles. The van der Waals surface area contributed by atoms with Crippen molar-refractivity contribution in [2.45, 2.75) is 32.6 Å². The number of unbranched alkanes of at least 4 members (excludes halogenated alkanes) is 2. The van der Waals surface area contributed by atoms with Crippen molar-refractivity contribution in [3.8, 4) is 0 Å². The van der Waals surface area contributed by atoms with Gasteiger partial charge in [-0.05, 0) is 0 Å². The molecule has 0 saturated heterocycles. The zero-order chi connectivity index (χ0) is 14.5. The normalized spacial score (nSPS) is 10.7. The number of rotatable bonds is 6. The van der Waals surface area contributed by atoms with Crippen LogP contribution in [0.5, 0.6) is 0 Å². The number of hydrogen-bond donors (Lipinski definition) is 2. The van der Waals surface area contributed by atoms with Gasteiger partial charge < -0.3 is 0 Å². The number of carboxylic acids is 1. The molecule has 2 N–H and O–H groups in total. The first-order valence-electron chi connectivity index (χ1n) is 6.67. The van der Waals surface area contributed by atoms with Crippen LogP contribution in [-0.4, -0.2) is 31.5 Å². The van der Waals surface area contributed by atoms with Crippen molar-refractivity contribution in [1.29, 1.82) is 0 Å². The summed E-state index contributed by atoms with van der Waals surface area (Å²) in [5.74, 6) is -0.837. The van der Waals surface area contributed by atoms with Gasteiger partial charge in [-0.25, -0.2) is 0 Å². The summed E-state index contributed by atoms with van der Waals surface area (Å²) in [5.41, 5.74) is 0.740. The Kier molecular flexibility index (Phi) is 4.99. The van der Waals surface area contributed by atoms with E-state index in [1.807, 2.05) is 18.2 Å². The molecule has 4 nitrogen and oxygen atoms in total. The van der Waals surface area contributed by atoms with Gasteiger partial charge in [0.2, 0.25) is 0 Å². The fourth-order valence-electron chi connectivity index (χ4n) is 1.99. The molecule has 0 saturated carbocycles. The van der Waals surface area contributed by atoms with Gasteiger partial charge in [-0.15, -0.1) is 0 Å². The van der Waals surface area contributed by atoms with E-state index in [0.717, 1.165) is 34.6 Å². The Bertz CT molecular complexity index is 633. The van der Waals surface area contributed by atoms with Crippen LogP contribution in [0.4, 0.5) is 5.69 Å². The van der Waals surface area contributed by atoms with Crippen molar-refractivity contribution in [3.63, 3.8) is 0 Å². The first-order valence-corrected chi connectivity index (χ1v) is 8.38. The summed E-state index contributed by atoms with van der Waals surface area (Å²) in [6.45, 7) is 2.10. The van der Waals surface area contributed by atoms with Crippen LogP contribution < -0.4 is 5.32 Å². The molecule has 0 aliphatic carbocycles. The average molecular weight is 338 g/mol. The van der Waals surface area contributed by atoms with E-state index in [1.165, 1.54) is 0 Å². The van der Waals surface area contributed by atoms with Gasteiger partial charge in [0.15, 0.2) is 0 Å². The Morgan fingerprint density at radius 1 is 1.25 bits per heavy atom. The molecule has 0 spiro atoms. The van der Waals surface area contributed by atoms with Gasteiger partial charge in [0, 0.05) is 0 Å². The van der Waals surface area contributed by atoms with E-state index in [1.54, 1.807) is 6.07 Å². The van der Waals surface area contributed by atoms with E-state index in [9.17, 15) is 9.59 Å². The fourth-order valence-corrected chi connectivity index (χ4v) is 3.84. The molecule has 0 aliphatic rings. The third-order valence-electron chi connectivity index (χ3n) is 3.02. The number of anilines is 1. The second kappa shape index (κ2) is 6.73. The summed E-state index contributed by atoms with van der Waals surface area (Å²) >= 11 is -0.134. The van der Waals surface area contributed by atoms with Gasteiger partial charge in [-0.3, -0.25) is 0 Å². The molecular formula is C15H17NO3Se. The van der Waals surface area contributed by atoms with E-state index in [2.05, 4.69) is 12.2 Å². The third-order valence-corrected chi connectivity index (χ3v) is 5.33. The molecule has 0 aliphatic heterocycles. The van der Waals surface area contributed by atoms with Gasteiger partial charge in [0.1, 0.15) is 0 Å². The number of aromatic carboxylic acids is 1. The summed E-state index contributed by atoms with van der Waals surface area (Å²) in [4.78, 5) is 22.7. The molecule has 5 heteroatoms. The Labute approximate surface area is 123 Å².